The Morgan fingerprint density at radius 2 is 2.00 bits per heavy atom. The average Bonchev–Trinajstić information content (AvgIpc) is 2.24. The van der Waals surface area contributed by atoms with E-state index in [4.69, 9.17) is 5.11 Å². The Morgan fingerprint density at radius 1 is 1.27 bits per heavy atom. The maximum atomic E-state index is 10.3. The zero-order chi connectivity index (χ0) is 10.9. The molecule has 3 nitrogen and oxygen atoms in total. The highest BCUT2D eigenvalue weighted by Crippen LogP contribution is 2.16. The molecule has 1 aliphatic heterocycles. The lowest BCUT2D eigenvalue weighted by Crippen LogP contribution is -2.33. The summed E-state index contributed by atoms with van der Waals surface area (Å²) in [5.41, 5.74) is 0. The third-order valence-corrected chi connectivity index (χ3v) is 3.77. The van der Waals surface area contributed by atoms with Crippen molar-refractivity contribution >= 4 is 17.7 Å². The van der Waals surface area contributed by atoms with Crippen molar-refractivity contribution in [3.8, 4) is 0 Å². The molecule has 0 aromatic carbocycles. The third-order valence-electron chi connectivity index (χ3n) is 2.72. The van der Waals surface area contributed by atoms with E-state index < -0.39 is 5.97 Å². The minimum Gasteiger partial charge on any atom is -0.481 e. The summed E-state index contributed by atoms with van der Waals surface area (Å²) in [4.78, 5) is 10.3. The van der Waals surface area contributed by atoms with Gasteiger partial charge in [0.2, 0.25) is 0 Å². The van der Waals surface area contributed by atoms with Crippen LogP contribution in [-0.2, 0) is 4.79 Å². The second-order valence-electron chi connectivity index (χ2n) is 4.05. The molecule has 4 heteroatoms. The van der Waals surface area contributed by atoms with Crippen molar-refractivity contribution in [1.82, 2.24) is 5.32 Å². The van der Waals surface area contributed by atoms with Crippen molar-refractivity contribution in [1.29, 1.82) is 0 Å². The van der Waals surface area contributed by atoms with E-state index in [0.717, 1.165) is 25.8 Å². The molecule has 2 N–H and O–H groups in total. The van der Waals surface area contributed by atoms with Crippen LogP contribution in [0.15, 0.2) is 0 Å². The van der Waals surface area contributed by atoms with Crippen LogP contribution in [0.4, 0.5) is 0 Å². The van der Waals surface area contributed by atoms with Crippen molar-refractivity contribution in [2.24, 2.45) is 0 Å². The molecular weight excluding hydrogens is 210 g/mol. The zero-order valence-corrected chi connectivity index (χ0v) is 10.0. The summed E-state index contributed by atoms with van der Waals surface area (Å²) in [7, 11) is 0. The number of carboxylic acids is 1. The quantitative estimate of drug-likeness (QED) is 0.659. The van der Waals surface area contributed by atoms with Gasteiger partial charge >= 0.3 is 5.97 Å². The molecule has 0 aromatic rings. The lowest BCUT2D eigenvalue weighted by atomic mass is 10.1. The van der Waals surface area contributed by atoms with Crippen molar-refractivity contribution in [2.75, 3.05) is 18.1 Å². The van der Waals surface area contributed by atoms with Crippen molar-refractivity contribution < 1.29 is 9.90 Å². The van der Waals surface area contributed by atoms with Gasteiger partial charge in [0.05, 0.1) is 0 Å². The van der Waals surface area contributed by atoms with Crippen LogP contribution in [0.1, 0.15) is 38.5 Å². The molecule has 0 atom stereocenters. The molecular formula is C11H21NO2S. The van der Waals surface area contributed by atoms with E-state index in [-0.39, 0.29) is 0 Å². The fourth-order valence-corrected chi connectivity index (χ4v) is 2.89. The predicted octanol–water partition coefficient (Wildman–Crippen LogP) is 2.12. The molecule has 15 heavy (non-hydrogen) atoms. The fraction of sp³-hybridized carbons (Fsp3) is 0.909. The first kappa shape index (κ1) is 12.8. The lowest BCUT2D eigenvalue weighted by Gasteiger charge is -2.22. The Hall–Kier alpha value is -0.220. The number of carbonyl (C=O) groups is 1. The summed E-state index contributed by atoms with van der Waals surface area (Å²) < 4.78 is 0. The van der Waals surface area contributed by atoms with Crippen LogP contribution in [0.3, 0.4) is 0 Å². The highest BCUT2D eigenvalue weighted by Gasteiger charge is 2.11. The Balaban J connectivity index is 1.85. The van der Waals surface area contributed by atoms with Gasteiger partial charge in [0.15, 0.2) is 0 Å². The number of hydrogen-bond donors (Lipinski definition) is 2. The number of thioether (sulfide) groups is 1. The molecule has 0 amide bonds. The van der Waals surface area contributed by atoms with Crippen LogP contribution in [0.5, 0.6) is 0 Å². The molecule has 1 fully saturated rings. The van der Waals surface area contributed by atoms with E-state index in [0.29, 0.717) is 12.5 Å². The summed E-state index contributed by atoms with van der Waals surface area (Å²) >= 11 is 2.04. The van der Waals surface area contributed by atoms with Gasteiger partial charge in [0.25, 0.3) is 0 Å². The first-order valence-electron chi connectivity index (χ1n) is 5.82. The highest BCUT2D eigenvalue weighted by atomic mass is 32.2. The Labute approximate surface area is 96.0 Å². The Kier molecular flexibility index (Phi) is 6.85. The van der Waals surface area contributed by atoms with E-state index >= 15 is 0 Å². The molecule has 1 saturated heterocycles. The monoisotopic (exact) mass is 231 g/mol. The largest absolute Gasteiger partial charge is 0.481 e. The lowest BCUT2D eigenvalue weighted by molar-refractivity contribution is -0.137. The van der Waals surface area contributed by atoms with Crippen LogP contribution in [0.25, 0.3) is 0 Å². The maximum absolute atomic E-state index is 10.3. The second-order valence-corrected chi connectivity index (χ2v) is 5.27. The maximum Gasteiger partial charge on any atom is 0.303 e. The average molecular weight is 231 g/mol. The molecule has 1 aliphatic rings. The SMILES string of the molecule is O=C(O)CCCCCNC1CCSCC1. The summed E-state index contributed by atoms with van der Waals surface area (Å²) in [5, 5.41) is 12.0. The number of nitrogens with one attached hydrogen (secondary N) is 1. The second kappa shape index (κ2) is 7.99. The van der Waals surface area contributed by atoms with E-state index in [1.165, 1.54) is 24.3 Å². The Morgan fingerprint density at radius 3 is 2.67 bits per heavy atom. The van der Waals surface area contributed by atoms with E-state index in [2.05, 4.69) is 5.32 Å². The fourth-order valence-electron chi connectivity index (χ4n) is 1.79. The molecule has 0 aromatic heterocycles. The first-order valence-corrected chi connectivity index (χ1v) is 6.97. The van der Waals surface area contributed by atoms with Crippen molar-refractivity contribution in [3.05, 3.63) is 0 Å². The molecule has 1 rings (SSSR count). The summed E-state index contributed by atoms with van der Waals surface area (Å²) in [5.74, 6) is 1.90. The molecule has 0 saturated carbocycles. The van der Waals surface area contributed by atoms with Crippen molar-refractivity contribution in [3.63, 3.8) is 0 Å². The molecule has 0 bridgehead atoms. The number of unbranched alkanes of at least 4 members (excludes halogenated alkanes) is 2. The van der Waals surface area contributed by atoms with Gasteiger partial charge in [-0.1, -0.05) is 6.42 Å². The number of aliphatic carboxylic acids is 1. The van der Waals surface area contributed by atoms with Crippen molar-refractivity contribution in [2.45, 2.75) is 44.6 Å². The zero-order valence-electron chi connectivity index (χ0n) is 9.21. The van der Waals surface area contributed by atoms with Crippen LogP contribution in [0.2, 0.25) is 0 Å². The molecule has 0 unspecified atom stereocenters. The summed E-state index contributed by atoms with van der Waals surface area (Å²) in [6.07, 6.45) is 5.86. The van der Waals surface area contributed by atoms with Crippen LogP contribution in [-0.4, -0.2) is 35.2 Å². The summed E-state index contributed by atoms with van der Waals surface area (Å²) in [6, 6.07) is 0.714. The molecule has 0 radical (unpaired) electrons. The topological polar surface area (TPSA) is 49.3 Å². The predicted molar refractivity (Wildman–Crippen MR) is 64.5 cm³/mol. The van der Waals surface area contributed by atoms with Gasteiger partial charge in [0, 0.05) is 12.5 Å². The third kappa shape index (κ3) is 6.79. The van der Waals surface area contributed by atoms with E-state index in [1.54, 1.807) is 0 Å². The van der Waals surface area contributed by atoms with Crippen LogP contribution in [0, 0.1) is 0 Å². The minimum absolute atomic E-state index is 0.320. The van der Waals surface area contributed by atoms with Crippen LogP contribution >= 0.6 is 11.8 Å². The molecule has 0 aliphatic carbocycles. The minimum atomic E-state index is -0.674. The highest BCUT2D eigenvalue weighted by molar-refractivity contribution is 7.99. The molecule has 88 valence electrons. The van der Waals surface area contributed by atoms with Gasteiger partial charge in [-0.2, -0.15) is 11.8 Å². The van der Waals surface area contributed by atoms with E-state index in [9.17, 15) is 4.79 Å². The van der Waals surface area contributed by atoms with Gasteiger partial charge in [-0.15, -0.1) is 0 Å². The number of carboxylic acid groups (broad SMARTS) is 1. The molecule has 0 spiro atoms. The number of rotatable bonds is 7. The van der Waals surface area contributed by atoms with E-state index in [1.807, 2.05) is 11.8 Å². The standard InChI is InChI=1S/C11H21NO2S/c13-11(14)4-2-1-3-7-12-10-5-8-15-9-6-10/h10,12H,1-9H2,(H,13,14). The number of hydrogen-bond acceptors (Lipinski definition) is 3. The smallest absolute Gasteiger partial charge is 0.303 e. The van der Waals surface area contributed by atoms with Gasteiger partial charge in [-0.25, -0.2) is 0 Å². The summed E-state index contributed by atoms with van der Waals surface area (Å²) in [6.45, 7) is 1.05. The first-order chi connectivity index (χ1) is 7.29. The van der Waals surface area contributed by atoms with Gasteiger partial charge < -0.3 is 10.4 Å². The molecule has 1 heterocycles. The Bertz CT molecular complexity index is 181. The van der Waals surface area contributed by atoms with Gasteiger partial charge in [0.1, 0.15) is 0 Å². The normalized spacial score (nSPS) is 17.9. The van der Waals surface area contributed by atoms with Crippen LogP contribution < -0.4 is 5.32 Å². The van der Waals surface area contributed by atoms with Gasteiger partial charge in [-0.3, -0.25) is 4.79 Å². The van der Waals surface area contributed by atoms with Gasteiger partial charge in [-0.05, 0) is 43.7 Å².